The Balaban J connectivity index is 0.000000249. The zero-order chi connectivity index (χ0) is 12.9. The lowest BCUT2D eigenvalue weighted by molar-refractivity contribution is -0.299. The van der Waals surface area contributed by atoms with Gasteiger partial charge in [0.15, 0.2) is 0 Å². The van der Waals surface area contributed by atoms with Crippen LogP contribution in [0.25, 0.3) is 0 Å². The molecule has 4 N–H and O–H groups in total. The van der Waals surface area contributed by atoms with Crippen molar-refractivity contribution in [3.8, 4) is 0 Å². The van der Waals surface area contributed by atoms with Crippen LogP contribution in [0.2, 0.25) is 0 Å². The van der Waals surface area contributed by atoms with Crippen molar-refractivity contribution in [2.45, 2.75) is 0 Å². The number of nitrogens with zero attached hydrogens (tertiary/aromatic N) is 1. The number of hydrogen-bond donors (Lipinski definition) is 2. The lowest BCUT2D eigenvalue weighted by atomic mass is 10.2. The molecule has 0 saturated heterocycles. The lowest BCUT2D eigenvalue weighted by Crippen LogP contribution is -2.50. The van der Waals surface area contributed by atoms with Crippen LogP contribution in [-0.4, -0.2) is 13.5 Å². The first-order valence-corrected chi connectivity index (χ1v) is 4.65. The highest BCUT2D eigenvalue weighted by Crippen LogP contribution is 2.15. The predicted octanol–water partition coefficient (Wildman–Crippen LogP) is 1.87. The van der Waals surface area contributed by atoms with E-state index in [1.165, 1.54) is 0 Å². The van der Waals surface area contributed by atoms with Crippen LogP contribution in [0.1, 0.15) is 5.56 Å². The predicted molar refractivity (Wildman–Crippen MR) is 58.8 cm³/mol. The van der Waals surface area contributed by atoms with Gasteiger partial charge in [0.1, 0.15) is 6.20 Å². The Labute approximate surface area is 95.1 Å². The molecule has 0 spiro atoms. The zero-order valence-corrected chi connectivity index (χ0v) is 8.71. The van der Waals surface area contributed by atoms with Crippen LogP contribution in [0.5, 0.6) is 0 Å². The number of rotatable bonds is 0. The molecule has 0 fully saturated rings. The van der Waals surface area contributed by atoms with E-state index < -0.39 is 7.25 Å². The molecule has 92 valence electrons. The molecule has 1 aromatic carbocycles. The number of aliphatic imine (C=N–C) groups is 1. The summed E-state index contributed by atoms with van der Waals surface area (Å²) in [5.41, 5.74) is 5.94. The van der Waals surface area contributed by atoms with Crippen LogP contribution in [0, 0.1) is 0 Å². The standard InChI is InChI=1S/C9H9N3.BF4/c10-9-6-11-5-7-3-1-2-4-8(7)12-9;2-1(3,4)5/h1-6,12H,10H2;/q;-1/p+1. The van der Waals surface area contributed by atoms with E-state index in [2.05, 4.69) is 16.0 Å². The van der Waals surface area contributed by atoms with E-state index >= 15 is 0 Å². The SMILES string of the molecule is F[B-](F)(F)F.[NH3+]C1=CN=Cc2ccccc2N1. The molecule has 1 heterocycles. The van der Waals surface area contributed by atoms with E-state index in [0.717, 1.165) is 17.1 Å². The minimum absolute atomic E-state index is 0.816. The molecule has 1 aliphatic heterocycles. The minimum atomic E-state index is -6.00. The number of anilines is 1. The summed E-state index contributed by atoms with van der Waals surface area (Å²) >= 11 is 0. The van der Waals surface area contributed by atoms with Crippen molar-refractivity contribution in [2.24, 2.45) is 4.99 Å². The summed E-state index contributed by atoms with van der Waals surface area (Å²) in [6.45, 7) is 0. The molecule has 3 nitrogen and oxygen atoms in total. The second-order valence-electron chi connectivity index (χ2n) is 3.14. The van der Waals surface area contributed by atoms with E-state index in [1.807, 2.05) is 30.5 Å². The molecule has 17 heavy (non-hydrogen) atoms. The van der Waals surface area contributed by atoms with Gasteiger partial charge in [0.2, 0.25) is 5.82 Å². The summed E-state index contributed by atoms with van der Waals surface area (Å²) in [4.78, 5) is 4.08. The topological polar surface area (TPSA) is 52.0 Å². The Kier molecular flexibility index (Phi) is 4.27. The molecule has 1 aromatic rings. The van der Waals surface area contributed by atoms with Crippen LogP contribution < -0.4 is 11.1 Å². The summed E-state index contributed by atoms with van der Waals surface area (Å²) in [6, 6.07) is 7.99. The molecule has 8 heteroatoms. The van der Waals surface area contributed by atoms with Crippen molar-refractivity contribution in [2.75, 3.05) is 5.32 Å². The van der Waals surface area contributed by atoms with Gasteiger partial charge in [-0.15, -0.1) is 0 Å². The van der Waals surface area contributed by atoms with Gasteiger partial charge in [-0.1, -0.05) is 18.2 Å². The number of hydrogen-bond acceptors (Lipinski definition) is 2. The quantitative estimate of drug-likeness (QED) is 0.533. The average molecular weight is 247 g/mol. The first kappa shape index (κ1) is 13.2. The van der Waals surface area contributed by atoms with Crippen molar-refractivity contribution >= 4 is 19.2 Å². The molecule has 0 radical (unpaired) electrons. The fourth-order valence-corrected chi connectivity index (χ4v) is 1.14. The van der Waals surface area contributed by atoms with Crippen LogP contribution in [-0.2, 0) is 0 Å². The van der Waals surface area contributed by atoms with Gasteiger partial charge in [0.25, 0.3) is 0 Å². The number of fused-ring (bicyclic) bond motifs is 1. The van der Waals surface area contributed by atoms with Gasteiger partial charge >= 0.3 is 7.25 Å². The Morgan fingerprint density at radius 2 is 1.71 bits per heavy atom. The Bertz CT molecular complexity index is 436. The summed E-state index contributed by atoms with van der Waals surface area (Å²) in [5.74, 6) is 0.816. The van der Waals surface area contributed by atoms with Gasteiger partial charge in [-0.2, -0.15) is 0 Å². The first-order chi connectivity index (χ1) is 7.86. The van der Waals surface area contributed by atoms with Gasteiger partial charge in [-0.3, -0.25) is 4.99 Å². The molecular weight excluding hydrogens is 237 g/mol. The number of quaternary nitrogens is 1. The molecule has 0 unspecified atom stereocenters. The first-order valence-electron chi connectivity index (χ1n) is 4.65. The Hall–Kier alpha value is -1.83. The third-order valence-electron chi connectivity index (χ3n) is 1.70. The van der Waals surface area contributed by atoms with Gasteiger partial charge in [0, 0.05) is 11.8 Å². The van der Waals surface area contributed by atoms with Crippen molar-refractivity contribution in [1.82, 2.24) is 0 Å². The summed E-state index contributed by atoms with van der Waals surface area (Å²) in [5, 5.41) is 3.15. The molecule has 0 bridgehead atoms. The molecule has 1 aliphatic rings. The lowest BCUT2D eigenvalue weighted by Gasteiger charge is -2.02. The van der Waals surface area contributed by atoms with Crippen molar-refractivity contribution in [1.29, 1.82) is 0 Å². The van der Waals surface area contributed by atoms with E-state index in [9.17, 15) is 17.3 Å². The molecule has 0 amide bonds. The molecule has 0 atom stereocenters. The molecule has 2 rings (SSSR count). The number of halogens is 4. The second kappa shape index (κ2) is 5.49. The maximum Gasteiger partial charge on any atom is 0.673 e. The average Bonchev–Trinajstić information content (AvgIpc) is 2.35. The maximum atomic E-state index is 9.75. The normalized spacial score (nSPS) is 13.6. The summed E-state index contributed by atoms with van der Waals surface area (Å²) in [7, 11) is -6.00. The number of benzene rings is 1. The maximum absolute atomic E-state index is 9.75. The van der Waals surface area contributed by atoms with E-state index in [0.29, 0.717) is 0 Å². The fourth-order valence-electron chi connectivity index (χ4n) is 1.14. The zero-order valence-electron chi connectivity index (χ0n) is 8.71. The van der Waals surface area contributed by atoms with Gasteiger partial charge in [-0.25, -0.2) is 0 Å². The highest BCUT2D eigenvalue weighted by Gasteiger charge is 2.20. The molecule has 0 aliphatic carbocycles. The van der Waals surface area contributed by atoms with Gasteiger partial charge in [-0.05, 0) is 6.07 Å². The highest BCUT2D eigenvalue weighted by atomic mass is 19.5. The summed E-state index contributed by atoms with van der Waals surface area (Å²) in [6.07, 6.45) is 3.53. The number of para-hydroxylation sites is 1. The summed E-state index contributed by atoms with van der Waals surface area (Å²) < 4.78 is 39.0. The monoisotopic (exact) mass is 247 g/mol. The fraction of sp³-hybridized carbons (Fsp3) is 0. The van der Waals surface area contributed by atoms with Crippen LogP contribution in [0.3, 0.4) is 0 Å². The van der Waals surface area contributed by atoms with Crippen molar-refractivity contribution in [3.63, 3.8) is 0 Å². The molecule has 0 saturated carbocycles. The van der Waals surface area contributed by atoms with E-state index in [4.69, 9.17) is 0 Å². The smallest absolute Gasteiger partial charge is 0.418 e. The van der Waals surface area contributed by atoms with E-state index in [1.54, 1.807) is 6.20 Å². The van der Waals surface area contributed by atoms with Crippen LogP contribution in [0.4, 0.5) is 23.0 Å². The Morgan fingerprint density at radius 3 is 2.35 bits per heavy atom. The Morgan fingerprint density at radius 1 is 1.12 bits per heavy atom. The van der Waals surface area contributed by atoms with Gasteiger partial charge in [0.05, 0.1) is 5.69 Å². The highest BCUT2D eigenvalue weighted by molar-refractivity contribution is 6.50. The van der Waals surface area contributed by atoms with Crippen molar-refractivity contribution < 1.29 is 23.0 Å². The molecule has 0 aromatic heterocycles. The third kappa shape index (κ3) is 5.71. The van der Waals surface area contributed by atoms with Crippen LogP contribution >= 0.6 is 0 Å². The molecular formula is C9H10BF4N3. The third-order valence-corrected chi connectivity index (χ3v) is 1.70. The van der Waals surface area contributed by atoms with E-state index in [-0.39, 0.29) is 0 Å². The largest absolute Gasteiger partial charge is 0.673 e. The van der Waals surface area contributed by atoms with Gasteiger partial charge < -0.3 is 28.3 Å². The van der Waals surface area contributed by atoms with Crippen molar-refractivity contribution in [3.05, 3.63) is 41.8 Å². The second-order valence-corrected chi connectivity index (χ2v) is 3.14. The number of nitrogens with one attached hydrogen (secondary N) is 1. The van der Waals surface area contributed by atoms with Crippen LogP contribution in [0.15, 0.2) is 41.3 Å². The minimum Gasteiger partial charge on any atom is -0.418 e.